The lowest BCUT2D eigenvalue weighted by molar-refractivity contribution is 0.229. The van der Waals surface area contributed by atoms with Crippen molar-refractivity contribution < 1.29 is 0 Å². The van der Waals surface area contributed by atoms with E-state index in [-0.39, 0.29) is 0 Å². The van der Waals surface area contributed by atoms with E-state index >= 15 is 0 Å². The van der Waals surface area contributed by atoms with Gasteiger partial charge in [0, 0.05) is 25.0 Å². The van der Waals surface area contributed by atoms with Crippen molar-refractivity contribution in [3.63, 3.8) is 0 Å². The zero-order valence-corrected chi connectivity index (χ0v) is 13.2. The van der Waals surface area contributed by atoms with Crippen LogP contribution in [0.2, 0.25) is 0 Å². The average Bonchev–Trinajstić information content (AvgIpc) is 3.25. The van der Waals surface area contributed by atoms with Gasteiger partial charge in [0.05, 0.1) is 11.0 Å². The number of nitrogens with one attached hydrogen (secondary N) is 2. The smallest absolute Gasteiger partial charge is 0.108 e. The van der Waals surface area contributed by atoms with Crippen LogP contribution in [0, 0.1) is 18.8 Å². The summed E-state index contributed by atoms with van der Waals surface area (Å²) < 4.78 is 0. The van der Waals surface area contributed by atoms with Crippen LogP contribution in [0.3, 0.4) is 0 Å². The normalized spacial score (nSPS) is 33.9. The van der Waals surface area contributed by atoms with Crippen LogP contribution in [-0.2, 0) is 6.42 Å². The van der Waals surface area contributed by atoms with Gasteiger partial charge in [-0.25, -0.2) is 4.98 Å². The van der Waals surface area contributed by atoms with E-state index < -0.39 is 0 Å². The molecule has 0 amide bonds. The van der Waals surface area contributed by atoms with Gasteiger partial charge in [-0.05, 0) is 62.4 Å². The number of H-pyrrole nitrogens is 1. The fourth-order valence-electron chi connectivity index (χ4n) is 5.26. The predicted octanol–water partition coefficient (Wildman–Crippen LogP) is 2.10. The molecule has 4 heterocycles. The Morgan fingerprint density at radius 1 is 1.18 bits per heavy atom. The molecule has 0 saturated carbocycles. The summed E-state index contributed by atoms with van der Waals surface area (Å²) in [4.78, 5) is 11.1. The summed E-state index contributed by atoms with van der Waals surface area (Å²) in [7, 11) is 0. The number of imidazole rings is 1. The van der Waals surface area contributed by atoms with E-state index in [1.54, 1.807) is 0 Å². The molecule has 116 valence electrons. The maximum atomic E-state index is 4.76. The second-order valence-corrected chi connectivity index (χ2v) is 7.39. The zero-order chi connectivity index (χ0) is 14.7. The minimum absolute atomic E-state index is 0.830. The van der Waals surface area contributed by atoms with E-state index in [1.165, 1.54) is 43.6 Å². The number of benzene rings is 1. The number of rotatable bonds is 3. The van der Waals surface area contributed by atoms with Gasteiger partial charge in [-0.1, -0.05) is 6.07 Å². The standard InChI is InChI=1S/C18H24N4/c1-11-2-3-14-15(8-11)21-18(20-14)6-7-22-16-4-5-17(22)13-10-19-9-12(13)16/h2-3,8,12-13,16-17,19H,4-7,9-10H2,1H3,(H,20,21)/t12-,13+,16-,17+. The lowest BCUT2D eigenvalue weighted by atomic mass is 9.82. The zero-order valence-electron chi connectivity index (χ0n) is 13.2. The lowest BCUT2D eigenvalue weighted by Crippen LogP contribution is -2.35. The Bertz CT molecular complexity index is 688. The number of aromatic nitrogens is 2. The highest BCUT2D eigenvalue weighted by atomic mass is 15.3. The molecule has 2 N–H and O–H groups in total. The van der Waals surface area contributed by atoms with Crippen LogP contribution in [0.5, 0.6) is 0 Å². The highest BCUT2D eigenvalue weighted by Crippen LogP contribution is 2.47. The van der Waals surface area contributed by atoms with Crippen LogP contribution in [0.4, 0.5) is 0 Å². The van der Waals surface area contributed by atoms with Gasteiger partial charge in [-0.15, -0.1) is 0 Å². The van der Waals surface area contributed by atoms with Crippen LogP contribution >= 0.6 is 0 Å². The molecule has 2 aromatic rings. The third-order valence-corrected chi connectivity index (χ3v) is 6.20. The molecule has 1 aromatic carbocycles. The summed E-state index contributed by atoms with van der Waals surface area (Å²) in [6.07, 6.45) is 3.87. The van der Waals surface area contributed by atoms with Gasteiger partial charge in [0.2, 0.25) is 0 Å². The first-order chi connectivity index (χ1) is 10.8. The molecule has 22 heavy (non-hydrogen) atoms. The number of nitrogens with zero attached hydrogens (tertiary/aromatic N) is 2. The van der Waals surface area contributed by atoms with Crippen molar-refractivity contribution in [2.75, 3.05) is 19.6 Å². The quantitative estimate of drug-likeness (QED) is 0.911. The van der Waals surface area contributed by atoms with Gasteiger partial charge in [0.25, 0.3) is 0 Å². The van der Waals surface area contributed by atoms with E-state index in [4.69, 9.17) is 4.98 Å². The number of hydrogen-bond acceptors (Lipinski definition) is 3. The summed E-state index contributed by atoms with van der Waals surface area (Å²) in [6.45, 7) is 5.79. The van der Waals surface area contributed by atoms with Crippen LogP contribution < -0.4 is 5.32 Å². The lowest BCUT2D eigenvalue weighted by Gasteiger charge is -2.23. The first-order valence-corrected chi connectivity index (χ1v) is 8.71. The summed E-state index contributed by atoms with van der Waals surface area (Å²) in [5.74, 6) is 2.98. The Labute approximate surface area is 131 Å². The van der Waals surface area contributed by atoms with Crippen molar-refractivity contribution in [3.05, 3.63) is 29.6 Å². The third-order valence-electron chi connectivity index (χ3n) is 6.20. The Morgan fingerprint density at radius 2 is 1.95 bits per heavy atom. The Morgan fingerprint density at radius 3 is 2.73 bits per heavy atom. The maximum Gasteiger partial charge on any atom is 0.108 e. The monoisotopic (exact) mass is 296 g/mol. The molecule has 5 rings (SSSR count). The van der Waals surface area contributed by atoms with Crippen LogP contribution in [-0.4, -0.2) is 46.6 Å². The van der Waals surface area contributed by atoms with Crippen molar-refractivity contribution in [1.29, 1.82) is 0 Å². The van der Waals surface area contributed by atoms with Gasteiger partial charge in [0.15, 0.2) is 0 Å². The second-order valence-electron chi connectivity index (χ2n) is 7.39. The van der Waals surface area contributed by atoms with E-state index in [0.717, 1.165) is 41.7 Å². The van der Waals surface area contributed by atoms with Gasteiger partial charge in [-0.3, -0.25) is 4.90 Å². The number of aryl methyl sites for hydroxylation is 1. The van der Waals surface area contributed by atoms with E-state index in [1.807, 2.05) is 0 Å². The topological polar surface area (TPSA) is 44.0 Å². The molecule has 2 bridgehead atoms. The molecule has 4 heteroatoms. The Hall–Kier alpha value is -1.39. The molecule has 3 saturated heterocycles. The average molecular weight is 296 g/mol. The molecule has 0 unspecified atom stereocenters. The maximum absolute atomic E-state index is 4.76. The highest BCUT2D eigenvalue weighted by molar-refractivity contribution is 5.75. The van der Waals surface area contributed by atoms with Crippen LogP contribution in [0.15, 0.2) is 18.2 Å². The molecule has 3 fully saturated rings. The number of hydrogen-bond donors (Lipinski definition) is 2. The van der Waals surface area contributed by atoms with Gasteiger partial charge in [-0.2, -0.15) is 0 Å². The molecule has 1 aromatic heterocycles. The van der Waals surface area contributed by atoms with Crippen molar-refractivity contribution in [2.45, 2.75) is 38.3 Å². The Kier molecular flexibility index (Phi) is 2.86. The first kappa shape index (κ1) is 13.1. The molecular formula is C18H24N4. The van der Waals surface area contributed by atoms with Gasteiger partial charge < -0.3 is 10.3 Å². The summed E-state index contributed by atoms with van der Waals surface area (Å²) in [5.41, 5.74) is 3.58. The second kappa shape index (κ2) is 4.80. The number of aromatic amines is 1. The SMILES string of the molecule is Cc1ccc2nc(CCN3[C@@H]4CC[C@H]3[C@H]3CNC[C@H]34)[nH]c2c1. The number of fused-ring (bicyclic) bond motifs is 6. The summed E-state index contributed by atoms with van der Waals surface area (Å²) in [5, 5.41) is 3.60. The summed E-state index contributed by atoms with van der Waals surface area (Å²) in [6, 6.07) is 8.12. The van der Waals surface area contributed by atoms with E-state index in [9.17, 15) is 0 Å². The van der Waals surface area contributed by atoms with Crippen molar-refractivity contribution >= 4 is 11.0 Å². The van der Waals surface area contributed by atoms with Gasteiger partial charge >= 0.3 is 0 Å². The largest absolute Gasteiger partial charge is 0.342 e. The minimum Gasteiger partial charge on any atom is -0.342 e. The summed E-state index contributed by atoms with van der Waals surface area (Å²) >= 11 is 0. The fourth-order valence-corrected chi connectivity index (χ4v) is 5.26. The molecular weight excluding hydrogens is 272 g/mol. The molecule has 3 aliphatic rings. The van der Waals surface area contributed by atoms with E-state index in [2.05, 4.69) is 40.3 Å². The molecule has 0 aliphatic carbocycles. The van der Waals surface area contributed by atoms with Gasteiger partial charge in [0.1, 0.15) is 5.82 Å². The van der Waals surface area contributed by atoms with Crippen molar-refractivity contribution in [2.24, 2.45) is 11.8 Å². The van der Waals surface area contributed by atoms with Crippen molar-refractivity contribution in [3.8, 4) is 0 Å². The Balaban J connectivity index is 1.32. The van der Waals surface area contributed by atoms with Crippen LogP contribution in [0.1, 0.15) is 24.2 Å². The molecule has 0 spiro atoms. The van der Waals surface area contributed by atoms with Crippen LogP contribution in [0.25, 0.3) is 11.0 Å². The minimum atomic E-state index is 0.830. The fraction of sp³-hybridized carbons (Fsp3) is 0.611. The highest BCUT2D eigenvalue weighted by Gasteiger charge is 2.54. The van der Waals surface area contributed by atoms with Crippen molar-refractivity contribution in [1.82, 2.24) is 20.2 Å². The third kappa shape index (κ3) is 1.87. The molecule has 4 nitrogen and oxygen atoms in total. The molecule has 3 aliphatic heterocycles. The first-order valence-electron chi connectivity index (χ1n) is 8.71. The predicted molar refractivity (Wildman–Crippen MR) is 87.9 cm³/mol. The molecule has 0 radical (unpaired) electrons. The molecule has 4 atom stereocenters. The van der Waals surface area contributed by atoms with E-state index in [0.29, 0.717) is 0 Å².